The van der Waals surface area contributed by atoms with Crippen molar-refractivity contribution in [3.8, 4) is 0 Å². The molecule has 8 heteroatoms. The average molecular weight is 356 g/mol. The molecule has 23 heavy (non-hydrogen) atoms. The topological polar surface area (TPSA) is 66.5 Å². The van der Waals surface area contributed by atoms with Crippen LogP contribution in [0.1, 0.15) is 22.5 Å². The van der Waals surface area contributed by atoms with E-state index >= 15 is 0 Å². The van der Waals surface area contributed by atoms with Crippen LogP contribution >= 0.6 is 11.3 Å². The molecule has 1 aromatic heterocycles. The zero-order chi connectivity index (χ0) is 16.6. The van der Waals surface area contributed by atoms with E-state index in [9.17, 15) is 17.6 Å². The van der Waals surface area contributed by atoms with Crippen LogP contribution in [0.15, 0.2) is 24.3 Å². The van der Waals surface area contributed by atoms with E-state index in [1.807, 2.05) is 0 Å². The molecule has 1 aliphatic heterocycles. The number of sulfonamides is 1. The van der Waals surface area contributed by atoms with Crippen molar-refractivity contribution < 1.29 is 17.6 Å². The molecule has 2 aromatic rings. The molecule has 124 valence electrons. The van der Waals surface area contributed by atoms with Gasteiger partial charge in [0.2, 0.25) is 10.0 Å². The van der Waals surface area contributed by atoms with Gasteiger partial charge in [-0.2, -0.15) is 0 Å². The van der Waals surface area contributed by atoms with Crippen LogP contribution in [0.3, 0.4) is 0 Å². The molecular formula is C15H17FN2O3S2. The minimum Gasteiger partial charge on any atom is -0.336 e. The van der Waals surface area contributed by atoms with Gasteiger partial charge in [-0.05, 0) is 42.5 Å². The summed E-state index contributed by atoms with van der Waals surface area (Å²) in [6, 6.07) is 5.89. The Morgan fingerprint density at radius 2 is 2.17 bits per heavy atom. The maximum Gasteiger partial charge on any atom is 0.264 e. The molecule has 0 unspecified atom stereocenters. The first-order valence-electron chi connectivity index (χ1n) is 7.27. The van der Waals surface area contributed by atoms with Gasteiger partial charge in [0.15, 0.2) is 0 Å². The van der Waals surface area contributed by atoms with Crippen molar-refractivity contribution in [3.63, 3.8) is 0 Å². The predicted molar refractivity (Wildman–Crippen MR) is 88.7 cm³/mol. The molecule has 1 N–H and O–H groups in total. The molecule has 1 amide bonds. The lowest BCUT2D eigenvalue weighted by Gasteiger charge is -2.32. The SMILES string of the molecule is CS(=O)(=O)N[C@H]1CCCN(C(=O)c2cc3cc(F)ccc3s2)C1. The van der Waals surface area contributed by atoms with Crippen LogP contribution in [-0.2, 0) is 10.0 Å². The van der Waals surface area contributed by atoms with E-state index in [0.29, 0.717) is 29.8 Å². The molecule has 3 rings (SSSR count). The van der Waals surface area contributed by atoms with Crippen molar-refractivity contribution in [1.82, 2.24) is 9.62 Å². The molecule has 0 saturated carbocycles. The van der Waals surface area contributed by atoms with Gasteiger partial charge in [0.25, 0.3) is 5.91 Å². The molecule has 1 aromatic carbocycles. The summed E-state index contributed by atoms with van der Waals surface area (Å²) in [5, 5.41) is 0.709. The van der Waals surface area contributed by atoms with Crippen LogP contribution in [0.2, 0.25) is 0 Å². The van der Waals surface area contributed by atoms with Crippen LogP contribution in [0.25, 0.3) is 10.1 Å². The molecule has 2 heterocycles. The number of piperidine rings is 1. The molecule has 5 nitrogen and oxygen atoms in total. The van der Waals surface area contributed by atoms with Gasteiger partial charge in [-0.15, -0.1) is 11.3 Å². The van der Waals surface area contributed by atoms with Gasteiger partial charge in [-0.25, -0.2) is 17.5 Å². The summed E-state index contributed by atoms with van der Waals surface area (Å²) in [6.07, 6.45) is 2.58. The van der Waals surface area contributed by atoms with E-state index in [-0.39, 0.29) is 17.8 Å². The third kappa shape index (κ3) is 3.88. The average Bonchev–Trinajstić information content (AvgIpc) is 2.88. The second-order valence-electron chi connectivity index (χ2n) is 5.77. The molecule has 1 aliphatic rings. The van der Waals surface area contributed by atoms with Crippen LogP contribution < -0.4 is 4.72 Å². The Kier molecular flexibility index (Phi) is 4.39. The van der Waals surface area contributed by atoms with E-state index in [1.54, 1.807) is 17.0 Å². The molecule has 0 spiro atoms. The molecular weight excluding hydrogens is 339 g/mol. The number of carbonyl (C=O) groups excluding carboxylic acids is 1. The highest BCUT2D eigenvalue weighted by molar-refractivity contribution is 7.88. The lowest BCUT2D eigenvalue weighted by molar-refractivity contribution is 0.0708. The van der Waals surface area contributed by atoms with Crippen molar-refractivity contribution in [3.05, 3.63) is 35.0 Å². The summed E-state index contributed by atoms with van der Waals surface area (Å²) >= 11 is 1.33. The number of carbonyl (C=O) groups is 1. The number of rotatable bonds is 3. The van der Waals surface area contributed by atoms with Crippen molar-refractivity contribution >= 4 is 37.4 Å². The van der Waals surface area contributed by atoms with E-state index in [0.717, 1.165) is 17.4 Å². The molecule has 1 atom stereocenters. The Bertz CT molecular complexity index is 848. The van der Waals surface area contributed by atoms with Crippen molar-refractivity contribution in [2.45, 2.75) is 18.9 Å². The smallest absolute Gasteiger partial charge is 0.264 e. The maximum atomic E-state index is 13.3. The summed E-state index contributed by atoms with van der Waals surface area (Å²) in [6.45, 7) is 0.956. The zero-order valence-electron chi connectivity index (χ0n) is 12.6. The van der Waals surface area contributed by atoms with Crippen molar-refractivity contribution in [2.75, 3.05) is 19.3 Å². The van der Waals surface area contributed by atoms with Crippen LogP contribution in [0, 0.1) is 5.82 Å². The van der Waals surface area contributed by atoms with E-state index in [4.69, 9.17) is 0 Å². The van der Waals surface area contributed by atoms with Crippen molar-refractivity contribution in [1.29, 1.82) is 0 Å². The predicted octanol–water partition coefficient (Wildman–Crippen LogP) is 2.19. The summed E-state index contributed by atoms with van der Waals surface area (Å²) in [5.74, 6) is -0.462. The highest BCUT2D eigenvalue weighted by Crippen LogP contribution is 2.28. The third-order valence-electron chi connectivity index (χ3n) is 3.78. The van der Waals surface area contributed by atoms with Gasteiger partial charge in [0.1, 0.15) is 5.82 Å². The number of thiophene rings is 1. The van der Waals surface area contributed by atoms with E-state index in [2.05, 4.69) is 4.72 Å². The minimum atomic E-state index is -3.29. The number of hydrogen-bond acceptors (Lipinski definition) is 4. The fraction of sp³-hybridized carbons (Fsp3) is 0.400. The second kappa shape index (κ2) is 6.18. The van der Waals surface area contributed by atoms with Crippen LogP contribution in [-0.4, -0.2) is 44.6 Å². The first-order chi connectivity index (χ1) is 10.8. The molecule has 1 saturated heterocycles. The number of likely N-dealkylation sites (tertiary alicyclic amines) is 1. The quantitative estimate of drug-likeness (QED) is 0.917. The van der Waals surface area contributed by atoms with Gasteiger partial charge >= 0.3 is 0 Å². The number of nitrogens with one attached hydrogen (secondary N) is 1. The number of halogens is 1. The highest BCUT2D eigenvalue weighted by atomic mass is 32.2. The molecule has 0 aliphatic carbocycles. The number of benzene rings is 1. The van der Waals surface area contributed by atoms with Crippen LogP contribution in [0.4, 0.5) is 4.39 Å². The summed E-state index contributed by atoms with van der Waals surface area (Å²) in [4.78, 5) is 14.8. The lowest BCUT2D eigenvalue weighted by Crippen LogP contribution is -2.49. The summed E-state index contributed by atoms with van der Waals surface area (Å²) in [5.41, 5.74) is 0. The summed E-state index contributed by atoms with van der Waals surface area (Å²) in [7, 11) is -3.29. The van der Waals surface area contributed by atoms with Crippen LogP contribution in [0.5, 0.6) is 0 Å². The maximum absolute atomic E-state index is 13.3. The monoisotopic (exact) mass is 356 g/mol. The fourth-order valence-electron chi connectivity index (χ4n) is 2.84. The summed E-state index contributed by atoms with van der Waals surface area (Å²) < 4.78 is 39.4. The van der Waals surface area contributed by atoms with Gasteiger partial charge in [-0.1, -0.05) is 0 Å². The number of nitrogens with zero attached hydrogens (tertiary/aromatic N) is 1. The Morgan fingerprint density at radius 1 is 1.39 bits per heavy atom. The third-order valence-corrected chi connectivity index (χ3v) is 5.64. The molecule has 0 bridgehead atoms. The van der Waals surface area contributed by atoms with Gasteiger partial charge in [-0.3, -0.25) is 4.79 Å². The number of hydrogen-bond donors (Lipinski definition) is 1. The van der Waals surface area contributed by atoms with E-state index in [1.165, 1.54) is 23.5 Å². The Morgan fingerprint density at radius 3 is 2.91 bits per heavy atom. The lowest BCUT2D eigenvalue weighted by atomic mass is 10.1. The van der Waals surface area contributed by atoms with Gasteiger partial charge < -0.3 is 4.90 Å². The Labute approximate surface area is 138 Å². The first kappa shape index (κ1) is 16.4. The standard InChI is InChI=1S/C15H17FN2O3S2/c1-23(20,21)17-12-3-2-6-18(9-12)15(19)14-8-10-7-11(16)4-5-13(10)22-14/h4-5,7-8,12,17H,2-3,6,9H2,1H3/t12-/m0/s1. The molecule has 0 radical (unpaired) electrons. The normalized spacial score (nSPS) is 19.2. The Hall–Kier alpha value is -1.51. The van der Waals surface area contributed by atoms with Gasteiger partial charge in [0, 0.05) is 23.8 Å². The molecule has 1 fully saturated rings. The number of amides is 1. The minimum absolute atomic E-state index is 0.133. The zero-order valence-corrected chi connectivity index (χ0v) is 14.2. The first-order valence-corrected chi connectivity index (χ1v) is 9.98. The van der Waals surface area contributed by atoms with Crippen molar-refractivity contribution in [2.24, 2.45) is 0 Å². The highest BCUT2D eigenvalue weighted by Gasteiger charge is 2.27. The van der Waals surface area contributed by atoms with E-state index < -0.39 is 10.0 Å². The fourth-order valence-corrected chi connectivity index (χ4v) is 4.64. The largest absolute Gasteiger partial charge is 0.336 e. The Balaban J connectivity index is 1.78. The second-order valence-corrected chi connectivity index (χ2v) is 8.64. The number of fused-ring (bicyclic) bond motifs is 1. The van der Waals surface area contributed by atoms with Gasteiger partial charge in [0.05, 0.1) is 11.1 Å².